The first-order chi connectivity index (χ1) is 15.4. The molecule has 13 heteroatoms. The van der Waals surface area contributed by atoms with Crippen LogP contribution in [-0.2, 0) is 6.61 Å². The van der Waals surface area contributed by atoms with Crippen molar-refractivity contribution in [3.63, 3.8) is 0 Å². The highest BCUT2D eigenvalue weighted by molar-refractivity contribution is 7.11. The van der Waals surface area contributed by atoms with E-state index in [4.69, 9.17) is 10.5 Å². The van der Waals surface area contributed by atoms with Crippen LogP contribution < -0.4 is 26.4 Å². The molecule has 0 aliphatic rings. The van der Waals surface area contributed by atoms with E-state index in [0.29, 0.717) is 30.2 Å². The average Bonchev–Trinajstić information content (AvgIpc) is 3.07. The average molecular weight is 490 g/mol. The quantitative estimate of drug-likeness (QED) is 0.348. The summed E-state index contributed by atoms with van der Waals surface area (Å²) in [5.41, 5.74) is 4.33. The molecule has 1 heterocycles. The van der Waals surface area contributed by atoms with Gasteiger partial charge in [-0.15, -0.1) is 0 Å². The number of nitrogens with two attached hydrogens (primary N) is 1. The lowest BCUT2D eigenvalue weighted by Crippen LogP contribution is -2.42. The molecule has 2 rings (SSSR count). The summed E-state index contributed by atoms with van der Waals surface area (Å²) in [6.07, 6.45) is -0.397. The lowest BCUT2D eigenvalue weighted by atomic mass is 10.1. The van der Waals surface area contributed by atoms with Gasteiger partial charge in [-0.1, -0.05) is 0 Å². The molecule has 33 heavy (non-hydrogen) atoms. The SMILES string of the molecule is CC(C)(C)NCC(O)CCNC(=O)Nc1snc(OCc2c(F)cc(F)cc2F)c1C(N)=O. The van der Waals surface area contributed by atoms with Gasteiger partial charge in [0, 0.05) is 30.8 Å². The monoisotopic (exact) mass is 489 g/mol. The molecule has 0 saturated heterocycles. The van der Waals surface area contributed by atoms with Crippen LogP contribution in [0.3, 0.4) is 0 Å². The van der Waals surface area contributed by atoms with E-state index in [0.717, 1.165) is 0 Å². The summed E-state index contributed by atoms with van der Waals surface area (Å²) in [5, 5.41) is 18.0. The van der Waals surface area contributed by atoms with E-state index in [1.807, 2.05) is 20.8 Å². The molecule has 3 amide bonds. The lowest BCUT2D eigenvalue weighted by Gasteiger charge is -2.22. The van der Waals surface area contributed by atoms with Crippen LogP contribution in [0.2, 0.25) is 0 Å². The Labute approximate surface area is 192 Å². The Balaban J connectivity index is 1.95. The van der Waals surface area contributed by atoms with Crippen molar-refractivity contribution in [2.24, 2.45) is 5.73 Å². The van der Waals surface area contributed by atoms with Gasteiger partial charge in [0.1, 0.15) is 34.6 Å². The Morgan fingerprint density at radius 2 is 1.88 bits per heavy atom. The fourth-order valence-electron chi connectivity index (χ4n) is 2.55. The number of hydrogen-bond donors (Lipinski definition) is 5. The van der Waals surface area contributed by atoms with Crippen LogP contribution in [0.4, 0.5) is 23.0 Å². The molecule has 6 N–H and O–H groups in total. The van der Waals surface area contributed by atoms with Gasteiger partial charge in [0.2, 0.25) is 5.88 Å². The first-order valence-electron chi connectivity index (χ1n) is 9.91. The molecule has 1 unspecified atom stereocenters. The highest BCUT2D eigenvalue weighted by Gasteiger charge is 2.23. The lowest BCUT2D eigenvalue weighted by molar-refractivity contribution is 0.0996. The van der Waals surface area contributed by atoms with Gasteiger partial charge in [0.15, 0.2) is 0 Å². The molecular weight excluding hydrogens is 463 g/mol. The Morgan fingerprint density at radius 3 is 2.45 bits per heavy atom. The number of primary amides is 1. The van der Waals surface area contributed by atoms with Gasteiger partial charge in [-0.3, -0.25) is 10.1 Å². The number of aromatic nitrogens is 1. The molecule has 0 radical (unpaired) electrons. The number of aliphatic hydroxyl groups is 1. The normalized spacial score (nSPS) is 12.3. The van der Waals surface area contributed by atoms with Crippen LogP contribution in [0.25, 0.3) is 0 Å². The van der Waals surface area contributed by atoms with Crippen LogP contribution in [0, 0.1) is 17.5 Å². The highest BCUT2D eigenvalue weighted by atomic mass is 32.1. The number of carbonyl (C=O) groups is 2. The topological polar surface area (TPSA) is 139 Å². The second kappa shape index (κ2) is 11.3. The zero-order valence-electron chi connectivity index (χ0n) is 18.3. The van der Waals surface area contributed by atoms with Crippen molar-refractivity contribution in [2.45, 2.75) is 45.4 Å². The van der Waals surface area contributed by atoms with E-state index < -0.39 is 47.7 Å². The number of hydrogen-bond acceptors (Lipinski definition) is 7. The number of anilines is 1. The standard InChI is InChI=1S/C20H26F3N5O4S/c1-20(2,3)26-8-11(29)4-5-25-19(31)27-18-15(16(24)30)17(28-33-18)32-9-12-13(22)6-10(21)7-14(12)23/h6-7,11,26,29H,4-5,8-9H2,1-3H3,(H2,24,30)(H2,25,27,31). The first-order valence-corrected chi connectivity index (χ1v) is 10.7. The molecule has 0 spiro atoms. The molecule has 0 fully saturated rings. The number of urea groups is 1. The largest absolute Gasteiger partial charge is 0.471 e. The fourth-order valence-corrected chi connectivity index (χ4v) is 3.29. The number of rotatable bonds is 10. The van der Waals surface area contributed by atoms with Crippen molar-refractivity contribution in [1.29, 1.82) is 0 Å². The number of nitrogens with zero attached hydrogens (tertiary/aromatic N) is 1. The van der Waals surface area contributed by atoms with Gasteiger partial charge < -0.3 is 26.2 Å². The summed E-state index contributed by atoms with van der Waals surface area (Å²) in [6.45, 7) is 5.69. The minimum atomic E-state index is -1.17. The van der Waals surface area contributed by atoms with Gasteiger partial charge in [0.25, 0.3) is 5.91 Å². The van der Waals surface area contributed by atoms with E-state index in [1.54, 1.807) is 0 Å². The maximum atomic E-state index is 13.8. The number of nitrogens with one attached hydrogen (secondary N) is 3. The van der Waals surface area contributed by atoms with Crippen LogP contribution in [0.15, 0.2) is 12.1 Å². The Hall–Kier alpha value is -2.90. The number of amides is 3. The van der Waals surface area contributed by atoms with E-state index in [-0.39, 0.29) is 34.9 Å². The molecule has 2 aromatic rings. The summed E-state index contributed by atoms with van der Waals surface area (Å²) in [5.74, 6) is -4.75. The van der Waals surface area contributed by atoms with Crippen LogP contribution >= 0.6 is 11.5 Å². The Bertz CT molecular complexity index is 974. The minimum absolute atomic E-state index is 0.0370. The van der Waals surface area contributed by atoms with Crippen LogP contribution in [0.1, 0.15) is 43.1 Å². The number of benzene rings is 1. The fraction of sp³-hybridized carbons (Fsp3) is 0.450. The minimum Gasteiger partial charge on any atom is -0.471 e. The summed E-state index contributed by atoms with van der Waals surface area (Å²) in [4.78, 5) is 24.0. The summed E-state index contributed by atoms with van der Waals surface area (Å²) < 4.78 is 49.6. The maximum absolute atomic E-state index is 13.8. The third-order valence-electron chi connectivity index (χ3n) is 4.22. The number of aliphatic hydroxyl groups excluding tert-OH is 1. The van der Waals surface area contributed by atoms with Gasteiger partial charge in [-0.25, -0.2) is 18.0 Å². The van der Waals surface area contributed by atoms with Crippen molar-refractivity contribution in [3.05, 3.63) is 40.7 Å². The van der Waals surface area contributed by atoms with Gasteiger partial charge in [0.05, 0.1) is 11.7 Å². The third-order valence-corrected chi connectivity index (χ3v) is 4.97. The second-order valence-electron chi connectivity index (χ2n) is 8.15. The molecule has 0 aliphatic heterocycles. The van der Waals surface area contributed by atoms with E-state index in [2.05, 4.69) is 20.3 Å². The summed E-state index contributed by atoms with van der Waals surface area (Å²) in [7, 11) is 0. The maximum Gasteiger partial charge on any atom is 0.319 e. The summed E-state index contributed by atoms with van der Waals surface area (Å²) in [6, 6.07) is 0.301. The molecule has 0 aliphatic carbocycles. The predicted octanol–water partition coefficient (Wildman–Crippen LogP) is 2.50. The molecule has 0 bridgehead atoms. The van der Waals surface area contributed by atoms with E-state index in [1.165, 1.54) is 0 Å². The number of β-amino-alcohol motifs (C(OH)–C–C–N with tert-alkyl or cyclic N) is 1. The zero-order valence-corrected chi connectivity index (χ0v) is 19.1. The Kier molecular flexibility index (Phi) is 9.02. The number of carbonyl (C=O) groups excluding carboxylic acids is 2. The van der Waals surface area contributed by atoms with Crippen molar-refractivity contribution in [1.82, 2.24) is 15.0 Å². The molecule has 1 aromatic heterocycles. The first kappa shape index (κ1) is 26.4. The van der Waals surface area contributed by atoms with Crippen molar-refractivity contribution in [2.75, 3.05) is 18.4 Å². The smallest absolute Gasteiger partial charge is 0.319 e. The van der Waals surface area contributed by atoms with Crippen LogP contribution in [0.5, 0.6) is 5.88 Å². The van der Waals surface area contributed by atoms with E-state index >= 15 is 0 Å². The van der Waals surface area contributed by atoms with E-state index in [9.17, 15) is 27.9 Å². The molecular formula is C20H26F3N5O4S. The summed E-state index contributed by atoms with van der Waals surface area (Å²) >= 11 is 0.675. The van der Waals surface area contributed by atoms with Crippen molar-refractivity contribution < 1.29 is 32.6 Å². The predicted molar refractivity (Wildman–Crippen MR) is 117 cm³/mol. The second-order valence-corrected chi connectivity index (χ2v) is 8.92. The van der Waals surface area contributed by atoms with Crippen molar-refractivity contribution in [3.8, 4) is 5.88 Å². The molecule has 1 aromatic carbocycles. The van der Waals surface area contributed by atoms with Gasteiger partial charge in [-0.05, 0) is 38.7 Å². The molecule has 182 valence electrons. The van der Waals surface area contributed by atoms with Crippen LogP contribution in [-0.4, -0.2) is 46.2 Å². The molecule has 1 atom stereocenters. The number of ether oxygens (including phenoxy) is 1. The van der Waals surface area contributed by atoms with Gasteiger partial charge >= 0.3 is 6.03 Å². The number of halogens is 3. The highest BCUT2D eigenvalue weighted by Crippen LogP contribution is 2.31. The Morgan fingerprint density at radius 1 is 1.24 bits per heavy atom. The van der Waals surface area contributed by atoms with Crippen molar-refractivity contribution >= 4 is 28.5 Å². The molecule has 9 nitrogen and oxygen atoms in total. The molecule has 0 saturated carbocycles. The van der Waals surface area contributed by atoms with Gasteiger partial charge in [-0.2, -0.15) is 4.37 Å². The third kappa shape index (κ3) is 8.18. The zero-order chi connectivity index (χ0) is 24.8.